The molecule has 0 aliphatic carbocycles. The van der Waals surface area contributed by atoms with Gasteiger partial charge in [-0.15, -0.1) is 0 Å². The Labute approximate surface area is 161 Å². The highest BCUT2D eigenvalue weighted by molar-refractivity contribution is 7.80. The third kappa shape index (κ3) is 4.23. The molecule has 1 atom stereocenters. The molecule has 3 aromatic carbocycles. The minimum atomic E-state index is 0.200. The van der Waals surface area contributed by atoms with Crippen LogP contribution < -0.4 is 10.6 Å². The Morgan fingerprint density at radius 1 is 0.885 bits per heavy atom. The molecule has 0 saturated heterocycles. The molecular weight excluding hydrogens is 336 g/mol. The predicted octanol–water partition coefficient (Wildman–Crippen LogP) is 6.40. The minimum absolute atomic E-state index is 0.200. The lowest BCUT2D eigenvalue weighted by Crippen LogP contribution is -2.32. The van der Waals surface area contributed by atoms with Gasteiger partial charge >= 0.3 is 0 Å². The molecule has 2 nitrogen and oxygen atoms in total. The molecule has 0 radical (unpaired) electrons. The number of hydrogen-bond acceptors (Lipinski definition) is 1. The van der Waals surface area contributed by atoms with Gasteiger partial charge in [0.15, 0.2) is 5.11 Å². The Morgan fingerprint density at radius 3 is 2.23 bits per heavy atom. The summed E-state index contributed by atoms with van der Waals surface area (Å²) in [6, 6.07) is 23.6. The van der Waals surface area contributed by atoms with Crippen LogP contribution in [0.25, 0.3) is 10.8 Å². The maximum atomic E-state index is 5.59. The van der Waals surface area contributed by atoms with Gasteiger partial charge in [0.25, 0.3) is 0 Å². The summed E-state index contributed by atoms with van der Waals surface area (Å²) in [5, 5.41) is 9.87. The summed E-state index contributed by atoms with van der Waals surface area (Å²) >= 11 is 5.59. The summed E-state index contributed by atoms with van der Waals surface area (Å²) in [5.41, 5.74) is 3.66. The molecule has 0 bridgehead atoms. The summed E-state index contributed by atoms with van der Waals surface area (Å²) in [6.07, 6.45) is 0.971. The van der Waals surface area contributed by atoms with Crippen LogP contribution in [-0.4, -0.2) is 5.11 Å². The SMILES string of the molecule is CCC(NC(=S)Nc1cccc2ccccc12)c1ccc(C(C)C)cc1. The average Bonchev–Trinajstić information content (AvgIpc) is 2.66. The van der Waals surface area contributed by atoms with Crippen LogP contribution in [-0.2, 0) is 0 Å². The van der Waals surface area contributed by atoms with Gasteiger partial charge in [-0.25, -0.2) is 0 Å². The molecule has 3 aromatic rings. The van der Waals surface area contributed by atoms with E-state index in [4.69, 9.17) is 12.2 Å². The molecule has 26 heavy (non-hydrogen) atoms. The predicted molar refractivity (Wildman–Crippen MR) is 117 cm³/mol. The van der Waals surface area contributed by atoms with Gasteiger partial charge < -0.3 is 10.6 Å². The van der Waals surface area contributed by atoms with Crippen LogP contribution in [0.3, 0.4) is 0 Å². The molecule has 0 fully saturated rings. The Kier molecular flexibility index (Phi) is 5.89. The Hall–Kier alpha value is -2.39. The smallest absolute Gasteiger partial charge is 0.171 e. The van der Waals surface area contributed by atoms with Crippen molar-refractivity contribution in [2.45, 2.75) is 39.2 Å². The lowest BCUT2D eigenvalue weighted by Gasteiger charge is -2.21. The van der Waals surface area contributed by atoms with E-state index in [1.165, 1.54) is 21.9 Å². The Morgan fingerprint density at radius 2 is 1.54 bits per heavy atom. The van der Waals surface area contributed by atoms with Gasteiger partial charge in [0.1, 0.15) is 0 Å². The topological polar surface area (TPSA) is 24.1 Å². The van der Waals surface area contributed by atoms with E-state index < -0.39 is 0 Å². The summed E-state index contributed by atoms with van der Waals surface area (Å²) < 4.78 is 0. The van der Waals surface area contributed by atoms with Gasteiger partial charge in [-0.1, -0.05) is 81.4 Å². The lowest BCUT2D eigenvalue weighted by atomic mass is 9.98. The van der Waals surface area contributed by atoms with Crippen molar-refractivity contribution < 1.29 is 0 Å². The molecule has 0 spiro atoms. The third-order valence-corrected chi connectivity index (χ3v) is 4.98. The second-order valence-corrected chi connectivity index (χ2v) is 7.32. The largest absolute Gasteiger partial charge is 0.356 e. The molecule has 0 saturated carbocycles. The lowest BCUT2D eigenvalue weighted by molar-refractivity contribution is 0.628. The van der Waals surface area contributed by atoms with Crippen molar-refractivity contribution in [2.75, 3.05) is 5.32 Å². The highest BCUT2D eigenvalue weighted by Gasteiger charge is 2.12. The number of fused-ring (bicyclic) bond motifs is 1. The standard InChI is InChI=1S/C23H26N2S/c1-4-21(19-14-12-17(13-15-19)16(2)3)24-23(26)25-22-11-7-9-18-8-5-6-10-20(18)22/h5-16,21H,4H2,1-3H3,(H2,24,25,26). The van der Waals surface area contributed by atoms with Crippen molar-refractivity contribution in [2.24, 2.45) is 0 Å². The Balaban J connectivity index is 1.73. The molecule has 0 aliphatic heterocycles. The number of nitrogens with one attached hydrogen (secondary N) is 2. The van der Waals surface area contributed by atoms with Crippen molar-refractivity contribution in [1.29, 1.82) is 0 Å². The first-order chi connectivity index (χ1) is 12.6. The van der Waals surface area contributed by atoms with Crippen molar-refractivity contribution in [3.05, 3.63) is 77.9 Å². The second-order valence-electron chi connectivity index (χ2n) is 6.91. The fraction of sp³-hybridized carbons (Fsp3) is 0.261. The average molecular weight is 363 g/mol. The fourth-order valence-electron chi connectivity index (χ4n) is 3.19. The summed E-state index contributed by atoms with van der Waals surface area (Å²) in [7, 11) is 0. The van der Waals surface area contributed by atoms with Crippen LogP contribution in [0.4, 0.5) is 5.69 Å². The van der Waals surface area contributed by atoms with Crippen LogP contribution in [0.2, 0.25) is 0 Å². The molecule has 3 heteroatoms. The maximum absolute atomic E-state index is 5.59. The van der Waals surface area contributed by atoms with E-state index in [9.17, 15) is 0 Å². The number of rotatable bonds is 5. The van der Waals surface area contributed by atoms with E-state index in [1.54, 1.807) is 0 Å². The number of hydrogen-bond donors (Lipinski definition) is 2. The Bertz CT molecular complexity index is 879. The maximum Gasteiger partial charge on any atom is 0.171 e. The zero-order chi connectivity index (χ0) is 18.5. The zero-order valence-electron chi connectivity index (χ0n) is 15.6. The van der Waals surface area contributed by atoms with Gasteiger partial charge in [-0.2, -0.15) is 0 Å². The zero-order valence-corrected chi connectivity index (χ0v) is 16.4. The van der Waals surface area contributed by atoms with Crippen LogP contribution >= 0.6 is 12.2 Å². The van der Waals surface area contributed by atoms with Crippen molar-refractivity contribution in [3.63, 3.8) is 0 Å². The molecule has 0 amide bonds. The molecular formula is C23H26N2S. The highest BCUT2D eigenvalue weighted by atomic mass is 32.1. The first-order valence-corrected chi connectivity index (χ1v) is 9.64. The number of benzene rings is 3. The molecule has 0 aliphatic rings. The summed E-state index contributed by atoms with van der Waals surface area (Å²) in [5.74, 6) is 0.547. The molecule has 1 unspecified atom stereocenters. The van der Waals surface area contributed by atoms with Crippen LogP contribution in [0, 0.1) is 0 Å². The number of thiocarbonyl (C=S) groups is 1. The van der Waals surface area contributed by atoms with Crippen LogP contribution in [0.5, 0.6) is 0 Å². The van der Waals surface area contributed by atoms with Crippen molar-refractivity contribution in [1.82, 2.24) is 5.32 Å². The molecule has 134 valence electrons. The van der Waals surface area contributed by atoms with Crippen LogP contribution in [0.15, 0.2) is 66.7 Å². The molecule has 2 N–H and O–H groups in total. The molecule has 0 aromatic heterocycles. The molecule has 3 rings (SSSR count). The fourth-order valence-corrected chi connectivity index (χ4v) is 3.44. The van der Waals surface area contributed by atoms with Gasteiger partial charge in [-0.05, 0) is 47.1 Å². The monoisotopic (exact) mass is 362 g/mol. The van der Waals surface area contributed by atoms with E-state index in [2.05, 4.69) is 98.1 Å². The molecule has 0 heterocycles. The van der Waals surface area contributed by atoms with E-state index in [0.717, 1.165) is 12.1 Å². The second kappa shape index (κ2) is 8.33. The normalized spacial score (nSPS) is 12.2. The first-order valence-electron chi connectivity index (χ1n) is 9.23. The highest BCUT2D eigenvalue weighted by Crippen LogP contribution is 2.24. The van der Waals surface area contributed by atoms with Gasteiger partial charge in [0, 0.05) is 11.1 Å². The van der Waals surface area contributed by atoms with Crippen molar-refractivity contribution in [3.8, 4) is 0 Å². The van der Waals surface area contributed by atoms with Gasteiger partial charge in [0.05, 0.1) is 6.04 Å². The summed E-state index contributed by atoms with van der Waals surface area (Å²) in [6.45, 7) is 6.61. The van der Waals surface area contributed by atoms with Gasteiger partial charge in [-0.3, -0.25) is 0 Å². The van der Waals surface area contributed by atoms with Crippen molar-refractivity contribution >= 4 is 33.8 Å². The first kappa shape index (κ1) is 18.4. The summed E-state index contributed by atoms with van der Waals surface area (Å²) in [4.78, 5) is 0. The quantitative estimate of drug-likeness (QED) is 0.513. The van der Waals surface area contributed by atoms with E-state index in [-0.39, 0.29) is 6.04 Å². The van der Waals surface area contributed by atoms with Gasteiger partial charge in [0.2, 0.25) is 0 Å². The van der Waals surface area contributed by atoms with E-state index in [0.29, 0.717) is 11.0 Å². The van der Waals surface area contributed by atoms with E-state index in [1.807, 2.05) is 0 Å². The third-order valence-electron chi connectivity index (χ3n) is 4.76. The van der Waals surface area contributed by atoms with Crippen LogP contribution in [0.1, 0.15) is 50.3 Å². The minimum Gasteiger partial charge on any atom is -0.356 e. The van der Waals surface area contributed by atoms with E-state index >= 15 is 0 Å². The number of anilines is 1.